The summed E-state index contributed by atoms with van der Waals surface area (Å²) < 4.78 is 5.41. The molecule has 1 aliphatic rings. The van der Waals surface area contributed by atoms with Crippen molar-refractivity contribution in [3.63, 3.8) is 0 Å². The molecule has 3 aromatic rings. The predicted octanol–water partition coefficient (Wildman–Crippen LogP) is 3.26. The average Bonchev–Trinajstić information content (AvgIpc) is 2.77. The zero-order chi connectivity index (χ0) is 20.8. The van der Waals surface area contributed by atoms with E-state index in [1.165, 1.54) is 12.3 Å². The summed E-state index contributed by atoms with van der Waals surface area (Å²) in [6.45, 7) is 2.60. The second-order valence-corrected chi connectivity index (χ2v) is 6.88. The average molecular weight is 426 g/mol. The molecular formula is C20H20ClN7O2. The van der Waals surface area contributed by atoms with Crippen LogP contribution in [0.3, 0.4) is 0 Å². The minimum absolute atomic E-state index is 0.0704. The normalized spacial score (nSPS) is 14.1. The van der Waals surface area contributed by atoms with Gasteiger partial charge in [0.2, 0.25) is 17.8 Å². The van der Waals surface area contributed by atoms with E-state index in [9.17, 15) is 5.11 Å². The van der Waals surface area contributed by atoms with Crippen LogP contribution < -0.4 is 15.6 Å². The number of nitrogens with one attached hydrogen (secondary N) is 2. The summed E-state index contributed by atoms with van der Waals surface area (Å²) in [5.41, 5.74) is 4.13. The van der Waals surface area contributed by atoms with Crippen molar-refractivity contribution in [2.24, 2.45) is 5.10 Å². The lowest BCUT2D eigenvalue weighted by atomic mass is 10.2. The highest BCUT2D eigenvalue weighted by Crippen LogP contribution is 2.21. The zero-order valence-corrected chi connectivity index (χ0v) is 16.8. The highest BCUT2D eigenvalue weighted by Gasteiger charge is 2.16. The van der Waals surface area contributed by atoms with Crippen molar-refractivity contribution < 1.29 is 9.84 Å². The lowest BCUT2D eigenvalue weighted by Crippen LogP contribution is -2.37. The third kappa shape index (κ3) is 5.13. The summed E-state index contributed by atoms with van der Waals surface area (Å²) in [7, 11) is 0. The number of phenols is 1. The predicted molar refractivity (Wildman–Crippen MR) is 117 cm³/mol. The molecule has 0 unspecified atom stereocenters. The van der Waals surface area contributed by atoms with Gasteiger partial charge in [-0.25, -0.2) is 5.43 Å². The maximum absolute atomic E-state index is 9.91. The molecular weight excluding hydrogens is 406 g/mol. The molecule has 4 rings (SSSR count). The van der Waals surface area contributed by atoms with Crippen LogP contribution >= 0.6 is 11.6 Å². The lowest BCUT2D eigenvalue weighted by molar-refractivity contribution is 0.122. The minimum atomic E-state index is 0.0704. The summed E-state index contributed by atoms with van der Waals surface area (Å²) in [4.78, 5) is 15.4. The number of nitrogens with zero attached hydrogens (tertiary/aromatic N) is 5. The number of rotatable bonds is 6. The molecule has 2 aromatic carbocycles. The molecule has 2 heterocycles. The summed E-state index contributed by atoms with van der Waals surface area (Å²) >= 11 is 5.97. The number of aromatic nitrogens is 3. The lowest BCUT2D eigenvalue weighted by Gasteiger charge is -2.27. The molecule has 3 N–H and O–H groups in total. The van der Waals surface area contributed by atoms with E-state index in [0.29, 0.717) is 48.8 Å². The number of ether oxygens (including phenoxy) is 1. The van der Waals surface area contributed by atoms with Crippen molar-refractivity contribution in [2.45, 2.75) is 0 Å². The number of aromatic hydroxyl groups is 1. The molecule has 0 radical (unpaired) electrons. The molecule has 1 aromatic heterocycles. The molecule has 1 aliphatic heterocycles. The Morgan fingerprint density at radius 1 is 1.03 bits per heavy atom. The van der Waals surface area contributed by atoms with Crippen LogP contribution in [0.25, 0.3) is 0 Å². The first-order valence-electron chi connectivity index (χ1n) is 9.36. The van der Waals surface area contributed by atoms with Gasteiger partial charge in [0.1, 0.15) is 5.75 Å². The molecule has 1 fully saturated rings. The highest BCUT2D eigenvalue weighted by molar-refractivity contribution is 6.30. The third-order valence-corrected chi connectivity index (χ3v) is 4.54. The first-order valence-corrected chi connectivity index (χ1v) is 9.73. The largest absolute Gasteiger partial charge is 0.507 e. The number of morpholine rings is 1. The molecule has 30 heavy (non-hydrogen) atoms. The van der Waals surface area contributed by atoms with E-state index >= 15 is 0 Å². The Balaban J connectivity index is 1.58. The molecule has 1 saturated heterocycles. The Kier molecular flexibility index (Phi) is 6.21. The number of anilines is 4. The van der Waals surface area contributed by atoms with Gasteiger partial charge < -0.3 is 20.1 Å². The van der Waals surface area contributed by atoms with Gasteiger partial charge in [-0.05, 0) is 30.3 Å². The van der Waals surface area contributed by atoms with Crippen LogP contribution in [0, 0.1) is 0 Å². The topological polar surface area (TPSA) is 108 Å². The van der Waals surface area contributed by atoms with Crippen LogP contribution in [0.5, 0.6) is 5.75 Å². The monoisotopic (exact) mass is 425 g/mol. The molecule has 10 heteroatoms. The molecule has 0 spiro atoms. The number of hydrogen-bond acceptors (Lipinski definition) is 9. The first-order chi connectivity index (χ1) is 14.7. The van der Waals surface area contributed by atoms with Crippen molar-refractivity contribution in [3.05, 3.63) is 59.1 Å². The number of benzene rings is 2. The minimum Gasteiger partial charge on any atom is -0.507 e. The van der Waals surface area contributed by atoms with E-state index in [2.05, 4.69) is 30.8 Å². The summed E-state index contributed by atoms with van der Waals surface area (Å²) in [5.74, 6) is 1.25. The fourth-order valence-electron chi connectivity index (χ4n) is 2.81. The standard InChI is InChI=1S/C20H20ClN7O2/c21-15-6-7-17(29)14(12-15)13-22-27-19-24-18(23-16-4-2-1-3-5-16)25-20(26-19)28-8-10-30-11-9-28/h1-7,12-13,29H,8-11H2,(H2,23,24,25,26,27). The molecule has 0 aliphatic carbocycles. The van der Waals surface area contributed by atoms with Crippen LogP contribution in [0.2, 0.25) is 5.02 Å². The van der Waals surface area contributed by atoms with E-state index in [1.54, 1.807) is 12.1 Å². The van der Waals surface area contributed by atoms with Gasteiger partial charge in [-0.15, -0.1) is 0 Å². The molecule has 154 valence electrons. The number of hydrogen-bond donors (Lipinski definition) is 3. The van der Waals surface area contributed by atoms with Gasteiger partial charge in [-0.1, -0.05) is 29.8 Å². The van der Waals surface area contributed by atoms with Crippen LogP contribution in [0.15, 0.2) is 53.6 Å². The summed E-state index contributed by atoms with van der Waals surface area (Å²) in [6.07, 6.45) is 1.45. The third-order valence-electron chi connectivity index (χ3n) is 4.31. The molecule has 0 amide bonds. The van der Waals surface area contributed by atoms with Crippen LogP contribution in [-0.4, -0.2) is 52.6 Å². The number of para-hydroxylation sites is 1. The Morgan fingerprint density at radius 2 is 1.80 bits per heavy atom. The fraction of sp³-hybridized carbons (Fsp3) is 0.200. The van der Waals surface area contributed by atoms with E-state index in [-0.39, 0.29) is 11.7 Å². The summed E-state index contributed by atoms with van der Waals surface area (Å²) in [6, 6.07) is 14.3. The van der Waals surface area contributed by atoms with Gasteiger partial charge in [-0.2, -0.15) is 20.1 Å². The van der Waals surface area contributed by atoms with Gasteiger partial charge in [-0.3, -0.25) is 0 Å². The molecule has 0 saturated carbocycles. The van der Waals surface area contributed by atoms with E-state index in [4.69, 9.17) is 16.3 Å². The van der Waals surface area contributed by atoms with E-state index < -0.39 is 0 Å². The Labute approximate surface area is 178 Å². The smallest absolute Gasteiger partial charge is 0.250 e. The highest BCUT2D eigenvalue weighted by atomic mass is 35.5. The summed E-state index contributed by atoms with van der Waals surface area (Å²) in [5, 5.41) is 17.7. The zero-order valence-electron chi connectivity index (χ0n) is 16.0. The van der Waals surface area contributed by atoms with Gasteiger partial charge >= 0.3 is 0 Å². The first kappa shape index (κ1) is 19.9. The van der Waals surface area contributed by atoms with Crippen molar-refractivity contribution >= 4 is 41.3 Å². The Morgan fingerprint density at radius 3 is 2.60 bits per heavy atom. The second kappa shape index (κ2) is 9.38. The SMILES string of the molecule is Oc1ccc(Cl)cc1C=NNc1nc(Nc2ccccc2)nc(N2CCOCC2)n1. The van der Waals surface area contributed by atoms with Crippen LogP contribution in [-0.2, 0) is 4.74 Å². The van der Waals surface area contributed by atoms with Gasteiger partial charge in [0.15, 0.2) is 0 Å². The van der Waals surface area contributed by atoms with E-state index in [1.807, 2.05) is 35.2 Å². The molecule has 0 bridgehead atoms. The maximum atomic E-state index is 9.91. The van der Waals surface area contributed by atoms with Crippen LogP contribution in [0.4, 0.5) is 23.5 Å². The Hall–Kier alpha value is -3.43. The van der Waals surface area contributed by atoms with Gasteiger partial charge in [0.05, 0.1) is 19.4 Å². The fourth-order valence-corrected chi connectivity index (χ4v) is 2.99. The second-order valence-electron chi connectivity index (χ2n) is 6.45. The van der Waals surface area contributed by atoms with Crippen molar-refractivity contribution in [1.29, 1.82) is 0 Å². The quantitative estimate of drug-likeness (QED) is 0.408. The number of halogens is 1. The number of phenolic OH excluding ortho intramolecular Hbond substituents is 1. The van der Waals surface area contributed by atoms with Gasteiger partial charge in [0, 0.05) is 29.4 Å². The van der Waals surface area contributed by atoms with Crippen molar-refractivity contribution in [1.82, 2.24) is 15.0 Å². The molecule has 9 nitrogen and oxygen atoms in total. The van der Waals surface area contributed by atoms with Gasteiger partial charge in [0.25, 0.3) is 0 Å². The van der Waals surface area contributed by atoms with Crippen molar-refractivity contribution in [3.8, 4) is 5.75 Å². The maximum Gasteiger partial charge on any atom is 0.250 e. The van der Waals surface area contributed by atoms with E-state index in [0.717, 1.165) is 5.69 Å². The van der Waals surface area contributed by atoms with Crippen molar-refractivity contribution in [2.75, 3.05) is 41.9 Å². The molecule has 0 atom stereocenters. The number of hydrazone groups is 1. The van der Waals surface area contributed by atoms with Crippen LogP contribution in [0.1, 0.15) is 5.56 Å². The Bertz CT molecular complexity index is 1030.